The zero-order chi connectivity index (χ0) is 15.0. The summed E-state index contributed by atoms with van der Waals surface area (Å²) in [6.07, 6.45) is 0. The summed E-state index contributed by atoms with van der Waals surface area (Å²) in [6.45, 7) is 3.75. The van der Waals surface area contributed by atoms with Gasteiger partial charge in [0.1, 0.15) is 5.01 Å². The van der Waals surface area contributed by atoms with Crippen molar-refractivity contribution >= 4 is 27.5 Å². The van der Waals surface area contributed by atoms with E-state index < -0.39 is 0 Å². The van der Waals surface area contributed by atoms with E-state index in [1.54, 1.807) is 36.3 Å². The summed E-state index contributed by atoms with van der Waals surface area (Å²) in [5.74, 6) is 0.0605. The van der Waals surface area contributed by atoms with Crippen LogP contribution < -0.4 is 0 Å². The molecule has 0 aliphatic carbocycles. The summed E-state index contributed by atoms with van der Waals surface area (Å²) in [5, 5.41) is 4.66. The molecule has 0 spiro atoms. The van der Waals surface area contributed by atoms with Crippen LogP contribution in [0.4, 0.5) is 0 Å². The van der Waals surface area contributed by atoms with Gasteiger partial charge in [0.05, 0.1) is 22.0 Å². The third-order valence-electron chi connectivity index (χ3n) is 3.41. The van der Waals surface area contributed by atoms with Crippen molar-refractivity contribution in [3.8, 4) is 0 Å². The highest BCUT2D eigenvalue weighted by molar-refractivity contribution is 7.18. The monoisotopic (exact) mass is 301 g/mol. The molecule has 0 radical (unpaired) electrons. The van der Waals surface area contributed by atoms with Crippen molar-refractivity contribution in [2.75, 3.05) is 7.05 Å². The Kier molecular flexibility index (Phi) is 3.47. The Labute approximate surface area is 126 Å². The molecule has 1 aromatic carbocycles. The highest BCUT2D eigenvalue weighted by Gasteiger charge is 2.24. The molecule has 0 saturated heterocycles. The molecule has 3 rings (SSSR count). The third-order valence-corrected chi connectivity index (χ3v) is 4.61. The zero-order valence-corrected chi connectivity index (χ0v) is 12.8. The number of fused-ring (bicyclic) bond motifs is 1. The van der Waals surface area contributed by atoms with Crippen molar-refractivity contribution < 1.29 is 9.32 Å². The lowest BCUT2D eigenvalue weighted by atomic mass is 10.2. The molecule has 0 fully saturated rings. The van der Waals surface area contributed by atoms with Gasteiger partial charge < -0.3 is 9.42 Å². The molecule has 0 aliphatic heterocycles. The molecule has 2 aromatic heterocycles. The fraction of sp³-hybridized carbons (Fsp3) is 0.267. The number of aryl methyl sites for hydroxylation is 1. The lowest BCUT2D eigenvalue weighted by Gasteiger charge is -2.21. The molecule has 0 bridgehead atoms. The predicted molar refractivity (Wildman–Crippen MR) is 81.4 cm³/mol. The minimum Gasteiger partial charge on any atom is -0.351 e. The van der Waals surface area contributed by atoms with Crippen LogP contribution >= 0.6 is 11.3 Å². The largest absolute Gasteiger partial charge is 0.351 e. The summed E-state index contributed by atoms with van der Waals surface area (Å²) >= 11 is 1.60. The van der Waals surface area contributed by atoms with Crippen LogP contribution in [-0.4, -0.2) is 28.0 Å². The number of carbonyl (C=O) groups excluding carboxylic acids is 1. The number of nitrogens with zero attached hydrogens (tertiary/aromatic N) is 3. The second-order valence-corrected chi connectivity index (χ2v) is 6.01. The molecule has 108 valence electrons. The van der Waals surface area contributed by atoms with Crippen molar-refractivity contribution in [1.29, 1.82) is 0 Å². The second kappa shape index (κ2) is 5.29. The summed E-state index contributed by atoms with van der Waals surface area (Å²) < 4.78 is 6.15. The highest BCUT2D eigenvalue weighted by atomic mass is 32.1. The van der Waals surface area contributed by atoms with E-state index in [1.165, 1.54) is 0 Å². The van der Waals surface area contributed by atoms with Gasteiger partial charge in [-0.05, 0) is 26.0 Å². The zero-order valence-electron chi connectivity index (χ0n) is 12.0. The van der Waals surface area contributed by atoms with Crippen LogP contribution in [0.1, 0.15) is 34.2 Å². The molecule has 2 heterocycles. The van der Waals surface area contributed by atoms with Crippen molar-refractivity contribution in [1.82, 2.24) is 15.0 Å². The van der Waals surface area contributed by atoms with E-state index in [-0.39, 0.29) is 17.7 Å². The van der Waals surface area contributed by atoms with Crippen molar-refractivity contribution in [2.24, 2.45) is 0 Å². The van der Waals surface area contributed by atoms with E-state index >= 15 is 0 Å². The molecular formula is C15H15N3O2S. The Bertz CT molecular complexity index is 760. The molecule has 6 heteroatoms. The summed E-state index contributed by atoms with van der Waals surface area (Å²) in [7, 11) is 1.75. The molecule has 1 atom stereocenters. The molecule has 0 aliphatic rings. The Hall–Kier alpha value is -2.21. The molecule has 0 N–H and O–H groups in total. The van der Waals surface area contributed by atoms with Gasteiger partial charge in [0.25, 0.3) is 5.91 Å². The number of carbonyl (C=O) groups is 1. The Morgan fingerprint density at radius 2 is 2.14 bits per heavy atom. The predicted octanol–water partition coefficient (Wildman–Crippen LogP) is 3.43. The fourth-order valence-corrected chi connectivity index (χ4v) is 3.11. The highest BCUT2D eigenvalue weighted by Crippen LogP contribution is 2.29. The van der Waals surface area contributed by atoms with Crippen LogP contribution in [0.15, 0.2) is 34.9 Å². The molecule has 1 unspecified atom stereocenters. The summed E-state index contributed by atoms with van der Waals surface area (Å²) in [6, 6.07) is 9.47. The Morgan fingerprint density at radius 3 is 2.81 bits per heavy atom. The first kappa shape index (κ1) is 13.8. The fourth-order valence-electron chi connectivity index (χ4n) is 2.05. The first-order valence-corrected chi connectivity index (χ1v) is 7.44. The van der Waals surface area contributed by atoms with E-state index in [2.05, 4.69) is 10.1 Å². The van der Waals surface area contributed by atoms with Gasteiger partial charge in [-0.25, -0.2) is 4.98 Å². The minimum absolute atomic E-state index is 0.125. The SMILES string of the molecule is Cc1cc(C(=O)N(C)C(C)c2nc3ccccc3s2)on1. The van der Waals surface area contributed by atoms with Crippen LogP contribution in [-0.2, 0) is 0 Å². The van der Waals surface area contributed by atoms with Crippen LogP contribution in [0, 0.1) is 6.92 Å². The standard InChI is InChI=1S/C15H15N3O2S/c1-9-8-12(20-17-9)15(19)18(3)10(2)14-16-11-6-4-5-7-13(11)21-14/h4-8,10H,1-3H3. The summed E-state index contributed by atoms with van der Waals surface area (Å²) in [4.78, 5) is 18.6. The average molecular weight is 301 g/mol. The molecule has 1 amide bonds. The van der Waals surface area contributed by atoms with E-state index in [0.29, 0.717) is 5.69 Å². The van der Waals surface area contributed by atoms with Gasteiger partial charge in [-0.2, -0.15) is 0 Å². The third kappa shape index (κ3) is 2.54. The lowest BCUT2D eigenvalue weighted by molar-refractivity contribution is 0.0700. The van der Waals surface area contributed by atoms with Gasteiger partial charge in [-0.15, -0.1) is 11.3 Å². The number of thiazole rings is 1. The maximum absolute atomic E-state index is 12.4. The van der Waals surface area contributed by atoms with Gasteiger partial charge in [0, 0.05) is 13.1 Å². The van der Waals surface area contributed by atoms with Crippen molar-refractivity contribution in [3.05, 3.63) is 46.8 Å². The lowest BCUT2D eigenvalue weighted by Crippen LogP contribution is -2.29. The number of benzene rings is 1. The van der Waals surface area contributed by atoms with Crippen molar-refractivity contribution in [2.45, 2.75) is 19.9 Å². The Morgan fingerprint density at radius 1 is 1.38 bits per heavy atom. The van der Waals surface area contributed by atoms with Crippen LogP contribution in [0.5, 0.6) is 0 Å². The molecular weight excluding hydrogens is 286 g/mol. The van der Waals surface area contributed by atoms with E-state index in [1.807, 2.05) is 31.2 Å². The van der Waals surface area contributed by atoms with Gasteiger partial charge >= 0.3 is 0 Å². The average Bonchev–Trinajstić information content (AvgIpc) is 3.10. The molecule has 0 saturated carbocycles. The van der Waals surface area contributed by atoms with Crippen molar-refractivity contribution in [3.63, 3.8) is 0 Å². The second-order valence-electron chi connectivity index (χ2n) is 4.94. The maximum atomic E-state index is 12.4. The first-order valence-electron chi connectivity index (χ1n) is 6.62. The molecule has 3 aromatic rings. The van der Waals surface area contributed by atoms with Crippen LogP contribution in [0.3, 0.4) is 0 Å². The van der Waals surface area contributed by atoms with E-state index in [0.717, 1.165) is 15.2 Å². The van der Waals surface area contributed by atoms with E-state index in [4.69, 9.17) is 4.52 Å². The topological polar surface area (TPSA) is 59.2 Å². The minimum atomic E-state index is -0.192. The molecule has 5 nitrogen and oxygen atoms in total. The first-order chi connectivity index (χ1) is 10.1. The van der Waals surface area contributed by atoms with Crippen LogP contribution in [0.25, 0.3) is 10.2 Å². The van der Waals surface area contributed by atoms with Crippen LogP contribution in [0.2, 0.25) is 0 Å². The Balaban J connectivity index is 1.86. The number of hydrogen-bond donors (Lipinski definition) is 0. The quantitative estimate of drug-likeness (QED) is 0.743. The van der Waals surface area contributed by atoms with Gasteiger partial charge in [0.2, 0.25) is 5.76 Å². The number of para-hydroxylation sites is 1. The molecule has 21 heavy (non-hydrogen) atoms. The number of hydrogen-bond acceptors (Lipinski definition) is 5. The summed E-state index contributed by atoms with van der Waals surface area (Å²) in [5.41, 5.74) is 1.65. The number of rotatable bonds is 3. The van der Waals surface area contributed by atoms with Gasteiger partial charge in [-0.1, -0.05) is 17.3 Å². The van der Waals surface area contributed by atoms with Gasteiger partial charge in [0.15, 0.2) is 0 Å². The number of aromatic nitrogens is 2. The van der Waals surface area contributed by atoms with Gasteiger partial charge in [-0.3, -0.25) is 4.79 Å². The maximum Gasteiger partial charge on any atom is 0.292 e. The normalized spacial score (nSPS) is 12.5. The smallest absolute Gasteiger partial charge is 0.292 e. The number of amides is 1. The van der Waals surface area contributed by atoms with E-state index in [9.17, 15) is 4.79 Å².